The van der Waals surface area contributed by atoms with Crippen molar-refractivity contribution in [1.82, 2.24) is 10.6 Å². The van der Waals surface area contributed by atoms with Gasteiger partial charge in [0.25, 0.3) is 5.91 Å². The molecular weight excluding hydrogens is 478 g/mol. The predicted octanol–water partition coefficient (Wildman–Crippen LogP) is 4.18. The fraction of sp³-hybridized carbons (Fsp3) is 0.296. The largest absolute Gasteiger partial charge is 0.497 e. The highest BCUT2D eigenvalue weighted by molar-refractivity contribution is 7.12. The van der Waals surface area contributed by atoms with Crippen LogP contribution in [0.2, 0.25) is 0 Å². The number of nitrogens with zero attached hydrogens (tertiary/aromatic N) is 1. The number of hydrogen-bond acceptors (Lipinski definition) is 6. The minimum absolute atomic E-state index is 0.317. The van der Waals surface area contributed by atoms with Crippen molar-refractivity contribution in [2.75, 3.05) is 25.7 Å². The van der Waals surface area contributed by atoms with E-state index in [1.807, 2.05) is 26.8 Å². The second kappa shape index (κ2) is 11.7. The van der Waals surface area contributed by atoms with Crippen LogP contribution < -0.4 is 25.0 Å². The van der Waals surface area contributed by atoms with Crippen LogP contribution in [-0.2, 0) is 9.59 Å². The molecule has 0 aliphatic rings. The lowest BCUT2D eigenvalue weighted by atomic mass is 10.0. The number of methoxy groups -OCH3 is 2. The molecule has 0 saturated heterocycles. The number of carbonyl (C=O) groups is 3. The van der Waals surface area contributed by atoms with E-state index in [1.165, 1.54) is 30.5 Å². The maximum atomic E-state index is 13.8. The third-order valence-electron chi connectivity index (χ3n) is 5.15. The third-order valence-corrected chi connectivity index (χ3v) is 6.02. The van der Waals surface area contributed by atoms with E-state index < -0.39 is 17.5 Å². The van der Waals surface area contributed by atoms with Crippen molar-refractivity contribution in [2.45, 2.75) is 32.4 Å². The molecule has 1 aromatic heterocycles. The Morgan fingerprint density at radius 2 is 1.58 bits per heavy atom. The summed E-state index contributed by atoms with van der Waals surface area (Å²) in [6.07, 6.45) is 0. The molecule has 0 radical (unpaired) electrons. The first-order chi connectivity index (χ1) is 17.1. The zero-order valence-electron chi connectivity index (χ0n) is 21.0. The molecule has 1 atom stereocenters. The first-order valence-electron chi connectivity index (χ1n) is 11.4. The van der Waals surface area contributed by atoms with Crippen molar-refractivity contribution in [3.63, 3.8) is 0 Å². The van der Waals surface area contributed by atoms with Gasteiger partial charge < -0.3 is 20.1 Å². The highest BCUT2D eigenvalue weighted by atomic mass is 32.1. The fourth-order valence-electron chi connectivity index (χ4n) is 3.60. The Kier molecular flexibility index (Phi) is 8.71. The minimum Gasteiger partial charge on any atom is -0.497 e. The van der Waals surface area contributed by atoms with Gasteiger partial charge in [-0.25, -0.2) is 0 Å². The number of anilines is 1. The van der Waals surface area contributed by atoms with Gasteiger partial charge in [-0.05, 0) is 37.8 Å². The maximum Gasteiger partial charge on any atom is 0.261 e. The lowest BCUT2D eigenvalue weighted by molar-refractivity contribution is -0.127. The van der Waals surface area contributed by atoms with Gasteiger partial charge in [-0.3, -0.25) is 19.3 Å². The summed E-state index contributed by atoms with van der Waals surface area (Å²) >= 11 is 1.28. The van der Waals surface area contributed by atoms with E-state index >= 15 is 0 Å². The molecule has 8 nitrogen and oxygen atoms in total. The van der Waals surface area contributed by atoms with E-state index in [4.69, 9.17) is 9.47 Å². The van der Waals surface area contributed by atoms with Crippen molar-refractivity contribution in [3.05, 3.63) is 76.5 Å². The smallest absolute Gasteiger partial charge is 0.261 e. The molecule has 3 amide bonds. The van der Waals surface area contributed by atoms with Gasteiger partial charge >= 0.3 is 0 Å². The Balaban J connectivity index is 2.08. The summed E-state index contributed by atoms with van der Waals surface area (Å²) in [6, 6.07) is 16.4. The monoisotopic (exact) mass is 509 g/mol. The molecule has 0 aliphatic heterocycles. The van der Waals surface area contributed by atoms with Crippen LogP contribution in [0.4, 0.5) is 5.69 Å². The molecule has 3 aromatic rings. The van der Waals surface area contributed by atoms with E-state index in [-0.39, 0.29) is 18.4 Å². The molecule has 36 heavy (non-hydrogen) atoms. The summed E-state index contributed by atoms with van der Waals surface area (Å²) in [7, 11) is 3.01. The Hall–Kier alpha value is -3.85. The molecule has 0 aliphatic carbocycles. The van der Waals surface area contributed by atoms with Gasteiger partial charge in [-0.15, -0.1) is 11.3 Å². The first-order valence-corrected chi connectivity index (χ1v) is 12.2. The second-order valence-corrected chi connectivity index (χ2v) is 9.99. The number of ether oxygens (including phenoxy) is 2. The average molecular weight is 510 g/mol. The molecule has 2 aromatic carbocycles. The van der Waals surface area contributed by atoms with Crippen LogP contribution in [0.1, 0.15) is 42.0 Å². The lowest BCUT2D eigenvalue weighted by Gasteiger charge is -2.34. The molecule has 2 N–H and O–H groups in total. The van der Waals surface area contributed by atoms with E-state index in [1.54, 1.807) is 60.0 Å². The molecule has 1 heterocycles. The van der Waals surface area contributed by atoms with Crippen LogP contribution in [0, 0.1) is 0 Å². The van der Waals surface area contributed by atoms with E-state index in [2.05, 4.69) is 10.6 Å². The normalized spacial score (nSPS) is 11.8. The SMILES string of the molecule is COc1cc(OC)cc(N(C(=O)CNC(=O)c2cccs2)[C@@H](C(=O)NC(C)(C)C)c2ccccc2)c1. The van der Waals surface area contributed by atoms with Gasteiger partial charge in [0.1, 0.15) is 17.5 Å². The minimum atomic E-state index is -1.02. The van der Waals surface area contributed by atoms with Crippen LogP contribution in [0.3, 0.4) is 0 Å². The topological polar surface area (TPSA) is 97.0 Å². The van der Waals surface area contributed by atoms with Crippen molar-refractivity contribution in [2.24, 2.45) is 0 Å². The summed E-state index contributed by atoms with van der Waals surface area (Å²) in [4.78, 5) is 41.8. The third kappa shape index (κ3) is 6.85. The van der Waals surface area contributed by atoms with Crippen molar-refractivity contribution >= 4 is 34.7 Å². The van der Waals surface area contributed by atoms with Crippen LogP contribution in [0.15, 0.2) is 66.0 Å². The van der Waals surface area contributed by atoms with Gasteiger partial charge in [-0.2, -0.15) is 0 Å². The zero-order valence-corrected chi connectivity index (χ0v) is 21.8. The molecular formula is C27H31N3O5S. The molecule has 0 fully saturated rings. The van der Waals surface area contributed by atoms with Crippen LogP contribution >= 0.6 is 11.3 Å². The van der Waals surface area contributed by atoms with E-state index in [0.717, 1.165) is 0 Å². The number of amides is 3. The van der Waals surface area contributed by atoms with Crippen molar-refractivity contribution < 1.29 is 23.9 Å². The zero-order chi connectivity index (χ0) is 26.3. The van der Waals surface area contributed by atoms with Gasteiger partial charge in [0, 0.05) is 23.7 Å². The van der Waals surface area contributed by atoms with Gasteiger partial charge in [0.2, 0.25) is 11.8 Å². The number of benzene rings is 2. The standard InChI is InChI=1S/C27H31N3O5S/c1-27(2,3)29-26(33)24(18-10-7-6-8-11-18)30(19-14-20(34-4)16-21(15-19)35-5)23(31)17-28-25(32)22-12-9-13-36-22/h6-16,24H,17H2,1-5H3,(H,28,32)(H,29,33)/t24-/m1/s1. The lowest BCUT2D eigenvalue weighted by Crippen LogP contribution is -2.51. The molecule has 0 unspecified atom stereocenters. The second-order valence-electron chi connectivity index (χ2n) is 9.05. The Labute approximate surface area is 215 Å². The maximum absolute atomic E-state index is 13.8. The molecule has 0 saturated carbocycles. The molecule has 3 rings (SSSR count). The van der Waals surface area contributed by atoms with Crippen LogP contribution in [0.5, 0.6) is 11.5 Å². The molecule has 190 valence electrons. The predicted molar refractivity (Wildman–Crippen MR) is 141 cm³/mol. The number of thiophene rings is 1. The van der Waals surface area contributed by atoms with Gasteiger partial charge in [-0.1, -0.05) is 36.4 Å². The van der Waals surface area contributed by atoms with Gasteiger partial charge in [0.05, 0.1) is 31.3 Å². The number of rotatable bonds is 9. The Morgan fingerprint density at radius 3 is 2.11 bits per heavy atom. The number of hydrogen-bond donors (Lipinski definition) is 2. The number of nitrogens with one attached hydrogen (secondary N) is 2. The Bertz CT molecular complexity index is 1170. The van der Waals surface area contributed by atoms with E-state index in [9.17, 15) is 14.4 Å². The summed E-state index contributed by atoms with van der Waals surface area (Å²) in [6.45, 7) is 5.29. The summed E-state index contributed by atoms with van der Waals surface area (Å²) < 4.78 is 10.8. The molecule has 0 bridgehead atoms. The first kappa shape index (κ1) is 26.7. The summed E-state index contributed by atoms with van der Waals surface area (Å²) in [5.74, 6) is -0.306. The van der Waals surface area contributed by atoms with Gasteiger partial charge in [0.15, 0.2) is 0 Å². The molecule has 9 heteroatoms. The molecule has 0 spiro atoms. The summed E-state index contributed by atoms with van der Waals surface area (Å²) in [5, 5.41) is 7.44. The number of carbonyl (C=O) groups excluding carboxylic acids is 3. The fourth-order valence-corrected chi connectivity index (χ4v) is 4.24. The highest BCUT2D eigenvalue weighted by Gasteiger charge is 2.35. The van der Waals surface area contributed by atoms with Crippen molar-refractivity contribution in [1.29, 1.82) is 0 Å². The van der Waals surface area contributed by atoms with Crippen molar-refractivity contribution in [3.8, 4) is 11.5 Å². The highest BCUT2D eigenvalue weighted by Crippen LogP contribution is 2.34. The van der Waals surface area contributed by atoms with E-state index in [0.29, 0.717) is 27.6 Å². The Morgan fingerprint density at radius 1 is 0.944 bits per heavy atom. The quantitative estimate of drug-likeness (QED) is 0.451. The average Bonchev–Trinajstić information content (AvgIpc) is 3.39. The van der Waals surface area contributed by atoms with Crippen LogP contribution in [-0.4, -0.2) is 44.0 Å². The summed E-state index contributed by atoms with van der Waals surface area (Å²) in [5.41, 5.74) is 0.455. The van der Waals surface area contributed by atoms with Crippen LogP contribution in [0.25, 0.3) is 0 Å².